The van der Waals surface area contributed by atoms with E-state index < -0.39 is 0 Å². The van der Waals surface area contributed by atoms with Crippen molar-refractivity contribution in [1.29, 1.82) is 0 Å². The number of rotatable bonds is 10. The highest BCUT2D eigenvalue weighted by Crippen LogP contribution is 2.30. The molecule has 0 unspecified atom stereocenters. The van der Waals surface area contributed by atoms with Crippen molar-refractivity contribution in [3.05, 3.63) is 90.7 Å². The summed E-state index contributed by atoms with van der Waals surface area (Å²) in [6, 6.07) is 12.8. The largest absolute Gasteiger partial charge is 0.352 e. The molecular weight excluding hydrogens is 466 g/mol. The van der Waals surface area contributed by atoms with Crippen LogP contribution in [0.3, 0.4) is 0 Å². The molecule has 3 aromatic heterocycles. The second-order valence-corrected chi connectivity index (χ2v) is 10.3. The lowest BCUT2D eigenvalue weighted by molar-refractivity contribution is 0.618. The average Bonchev–Trinajstić information content (AvgIpc) is 3.42. The Morgan fingerprint density at radius 2 is 1.74 bits per heavy atom. The second kappa shape index (κ2) is 12.5. The number of nitrogens with zero attached hydrogens (tertiary/aromatic N) is 4. The first-order valence-corrected chi connectivity index (χ1v) is 13.5. The van der Waals surface area contributed by atoms with Gasteiger partial charge in [-0.3, -0.25) is 4.98 Å². The molecule has 38 heavy (non-hydrogen) atoms. The molecule has 1 N–H and O–H groups in total. The van der Waals surface area contributed by atoms with Crippen LogP contribution in [0.1, 0.15) is 53.7 Å². The fourth-order valence-corrected chi connectivity index (χ4v) is 4.50. The number of hydrogen-bond acceptors (Lipinski definition) is 4. The van der Waals surface area contributed by atoms with E-state index in [1.165, 1.54) is 5.57 Å². The van der Waals surface area contributed by atoms with E-state index in [0.717, 1.165) is 69.9 Å². The Kier molecular flexibility index (Phi) is 8.90. The number of anilines is 1. The molecule has 0 amide bonds. The quantitative estimate of drug-likeness (QED) is 0.173. The van der Waals surface area contributed by atoms with Crippen molar-refractivity contribution >= 4 is 22.3 Å². The average molecular weight is 506 g/mol. The number of aromatic amines is 1. The summed E-state index contributed by atoms with van der Waals surface area (Å²) in [4.78, 5) is 19.9. The number of aromatic nitrogens is 4. The van der Waals surface area contributed by atoms with Gasteiger partial charge >= 0.3 is 0 Å². The topological polar surface area (TPSA) is 57.7 Å². The molecule has 0 aliphatic heterocycles. The summed E-state index contributed by atoms with van der Waals surface area (Å²) in [6.45, 7) is 14.8. The van der Waals surface area contributed by atoms with Crippen molar-refractivity contribution in [1.82, 2.24) is 19.9 Å². The van der Waals surface area contributed by atoms with Crippen LogP contribution in [0.2, 0.25) is 0 Å². The first-order chi connectivity index (χ1) is 18.4. The number of hydrogen-bond donors (Lipinski definition) is 1. The van der Waals surface area contributed by atoms with E-state index >= 15 is 0 Å². The Bertz CT molecular complexity index is 1450. The molecule has 5 heteroatoms. The Morgan fingerprint density at radius 3 is 2.45 bits per heavy atom. The van der Waals surface area contributed by atoms with Crippen LogP contribution in [-0.4, -0.2) is 33.0 Å². The number of H-pyrrole nitrogens is 1. The number of fused-ring (bicyclic) bond motifs is 1. The fourth-order valence-electron chi connectivity index (χ4n) is 4.50. The number of pyridine rings is 2. The summed E-state index contributed by atoms with van der Waals surface area (Å²) in [5, 5.41) is 1.09. The van der Waals surface area contributed by atoms with Crippen molar-refractivity contribution in [3.63, 3.8) is 0 Å². The highest BCUT2D eigenvalue weighted by Gasteiger charge is 2.13. The van der Waals surface area contributed by atoms with Crippen LogP contribution in [0.5, 0.6) is 0 Å². The Hall–Kier alpha value is -3.99. The monoisotopic (exact) mass is 505 g/mol. The van der Waals surface area contributed by atoms with Gasteiger partial charge in [0, 0.05) is 47.6 Å². The molecule has 0 aliphatic rings. The molecule has 4 rings (SSSR count). The van der Waals surface area contributed by atoms with Crippen LogP contribution in [0.15, 0.2) is 85.0 Å². The Labute approximate surface area is 227 Å². The maximum atomic E-state index is 4.84. The zero-order valence-electron chi connectivity index (χ0n) is 23.5. The lowest BCUT2D eigenvalue weighted by Crippen LogP contribution is -2.30. The third-order valence-corrected chi connectivity index (χ3v) is 6.62. The molecule has 1 aromatic carbocycles. The van der Waals surface area contributed by atoms with E-state index in [9.17, 15) is 0 Å². The number of benzene rings is 1. The number of imidazole rings is 1. The van der Waals surface area contributed by atoms with Gasteiger partial charge in [-0.05, 0) is 69.0 Å². The van der Waals surface area contributed by atoms with E-state index in [1.54, 1.807) is 6.33 Å². The van der Waals surface area contributed by atoms with Gasteiger partial charge in [0.1, 0.15) is 5.82 Å². The SMILES string of the molecule is C/C=C(/C)CN(CC(C)C)c1ccc(-c2cnc3ccc(-c4[nH]cnc4/C(C)=C/C=C\CC)cc3c2)cn1. The van der Waals surface area contributed by atoms with Crippen molar-refractivity contribution in [2.24, 2.45) is 5.92 Å². The van der Waals surface area contributed by atoms with Crippen LogP contribution < -0.4 is 4.90 Å². The van der Waals surface area contributed by atoms with E-state index in [-0.39, 0.29) is 0 Å². The summed E-state index contributed by atoms with van der Waals surface area (Å²) in [6.07, 6.45) is 15.2. The van der Waals surface area contributed by atoms with Gasteiger partial charge in [-0.25, -0.2) is 9.97 Å². The van der Waals surface area contributed by atoms with Gasteiger partial charge in [0.25, 0.3) is 0 Å². The predicted molar refractivity (Wildman–Crippen MR) is 162 cm³/mol. The van der Waals surface area contributed by atoms with Crippen molar-refractivity contribution in [3.8, 4) is 22.4 Å². The van der Waals surface area contributed by atoms with Gasteiger partial charge in [-0.15, -0.1) is 0 Å². The van der Waals surface area contributed by atoms with Gasteiger partial charge in [0.05, 0.1) is 23.2 Å². The van der Waals surface area contributed by atoms with Gasteiger partial charge in [-0.2, -0.15) is 0 Å². The molecule has 4 aromatic rings. The summed E-state index contributed by atoms with van der Waals surface area (Å²) in [7, 11) is 0. The zero-order chi connectivity index (χ0) is 27.1. The Balaban J connectivity index is 1.63. The third kappa shape index (κ3) is 6.46. The molecule has 3 heterocycles. The molecule has 0 saturated carbocycles. The molecule has 0 radical (unpaired) electrons. The van der Waals surface area contributed by atoms with Crippen LogP contribution >= 0.6 is 0 Å². The van der Waals surface area contributed by atoms with Crippen LogP contribution in [0, 0.1) is 5.92 Å². The minimum absolute atomic E-state index is 0.558. The first-order valence-electron chi connectivity index (χ1n) is 13.5. The van der Waals surface area contributed by atoms with E-state index in [4.69, 9.17) is 9.97 Å². The maximum Gasteiger partial charge on any atom is 0.128 e. The van der Waals surface area contributed by atoms with Gasteiger partial charge < -0.3 is 9.88 Å². The van der Waals surface area contributed by atoms with E-state index in [1.807, 2.05) is 12.4 Å². The molecule has 196 valence electrons. The molecular formula is C33H39N5. The van der Waals surface area contributed by atoms with Crippen LogP contribution in [0.4, 0.5) is 5.82 Å². The number of nitrogens with one attached hydrogen (secondary N) is 1. The van der Waals surface area contributed by atoms with Crippen molar-refractivity contribution in [2.45, 2.75) is 48.0 Å². The molecule has 0 aliphatic carbocycles. The summed E-state index contributed by atoms with van der Waals surface area (Å²) < 4.78 is 0. The molecule has 0 fully saturated rings. The molecule has 0 atom stereocenters. The lowest BCUT2D eigenvalue weighted by atomic mass is 10.0. The normalized spacial score (nSPS) is 12.7. The third-order valence-electron chi connectivity index (χ3n) is 6.62. The fraction of sp³-hybridized carbons (Fsp3) is 0.303. The molecule has 0 bridgehead atoms. The van der Waals surface area contributed by atoms with Crippen LogP contribution in [-0.2, 0) is 0 Å². The number of allylic oxidation sites excluding steroid dienone is 5. The summed E-state index contributed by atoms with van der Waals surface area (Å²) in [5.41, 5.74) is 8.62. The van der Waals surface area contributed by atoms with Crippen molar-refractivity contribution < 1.29 is 0 Å². The highest BCUT2D eigenvalue weighted by atomic mass is 15.2. The highest BCUT2D eigenvalue weighted by molar-refractivity contribution is 5.89. The minimum Gasteiger partial charge on any atom is -0.352 e. The molecule has 0 spiro atoms. The van der Waals surface area contributed by atoms with Gasteiger partial charge in [0.15, 0.2) is 0 Å². The predicted octanol–water partition coefficient (Wildman–Crippen LogP) is 8.49. The summed E-state index contributed by atoms with van der Waals surface area (Å²) >= 11 is 0. The maximum absolute atomic E-state index is 4.84. The summed E-state index contributed by atoms with van der Waals surface area (Å²) in [5.74, 6) is 1.56. The zero-order valence-corrected chi connectivity index (χ0v) is 23.5. The molecule has 5 nitrogen and oxygen atoms in total. The second-order valence-electron chi connectivity index (χ2n) is 10.3. The smallest absolute Gasteiger partial charge is 0.128 e. The lowest BCUT2D eigenvalue weighted by Gasteiger charge is -2.26. The van der Waals surface area contributed by atoms with E-state index in [2.05, 4.69) is 117 Å². The van der Waals surface area contributed by atoms with Gasteiger partial charge in [-0.1, -0.05) is 56.7 Å². The minimum atomic E-state index is 0.558. The van der Waals surface area contributed by atoms with Crippen molar-refractivity contribution in [2.75, 3.05) is 18.0 Å². The van der Waals surface area contributed by atoms with Crippen LogP contribution in [0.25, 0.3) is 38.9 Å². The van der Waals surface area contributed by atoms with Gasteiger partial charge in [0.2, 0.25) is 0 Å². The Morgan fingerprint density at radius 1 is 0.974 bits per heavy atom. The molecule has 0 saturated heterocycles. The standard InChI is InChI=1S/C33H39N5/c1-7-9-10-11-25(6)32-33(37-22-36-32)26-12-14-30-28(16-26)17-29(19-34-30)27-13-15-31(35-18-27)38(20-23(3)4)21-24(5)8-2/h8-19,22-23H,7,20-21H2,1-6H3,(H,36,37)/b10-9-,24-8-,25-11+. The van der Waals surface area contributed by atoms with E-state index in [0.29, 0.717) is 5.92 Å². The first kappa shape index (κ1) is 27.1.